The fourth-order valence-corrected chi connectivity index (χ4v) is 2.78. The molecule has 0 saturated heterocycles. The number of hydrogen-bond acceptors (Lipinski definition) is 1. The van der Waals surface area contributed by atoms with Crippen molar-refractivity contribution in [2.45, 2.75) is 23.3 Å². The quantitative estimate of drug-likeness (QED) is 0.461. The van der Waals surface area contributed by atoms with E-state index in [-0.39, 0.29) is 5.92 Å². The lowest BCUT2D eigenvalue weighted by Gasteiger charge is -2.52. The van der Waals surface area contributed by atoms with Gasteiger partial charge in [-0.25, -0.2) is 0 Å². The number of fused-ring (bicyclic) bond motifs is 1. The summed E-state index contributed by atoms with van der Waals surface area (Å²) in [7, 11) is 0. The Morgan fingerprint density at radius 2 is 2.18 bits per heavy atom. The average Bonchev–Trinajstić information content (AvgIpc) is 2.04. The molecule has 1 fully saturated rings. The standard InChI is InChI=1S/C8H10Cl2O/c9-8(10)6-4-2-1-3-5(6)7(8)11/h2,4-7,11H,1,3H2/t5-,6+,7-/m0/s1. The van der Waals surface area contributed by atoms with Crippen molar-refractivity contribution in [3.63, 3.8) is 0 Å². The summed E-state index contributed by atoms with van der Waals surface area (Å²) in [4.78, 5) is 0. The van der Waals surface area contributed by atoms with Gasteiger partial charge in [0, 0.05) is 5.92 Å². The second kappa shape index (κ2) is 2.38. The zero-order chi connectivity index (χ0) is 8.06. The van der Waals surface area contributed by atoms with E-state index in [0.29, 0.717) is 5.92 Å². The maximum Gasteiger partial charge on any atom is 0.150 e. The summed E-state index contributed by atoms with van der Waals surface area (Å²) in [5.74, 6) is 0.476. The van der Waals surface area contributed by atoms with Gasteiger partial charge in [0.25, 0.3) is 0 Å². The SMILES string of the molecule is O[C@H]1[C@H]2CCC=C[C@H]2C1(Cl)Cl. The molecule has 1 saturated carbocycles. The Balaban J connectivity index is 2.20. The van der Waals surface area contributed by atoms with Crippen LogP contribution in [0.25, 0.3) is 0 Å². The molecule has 62 valence electrons. The summed E-state index contributed by atoms with van der Waals surface area (Å²) in [5.41, 5.74) is 0. The second-order valence-corrected chi connectivity index (χ2v) is 4.76. The highest BCUT2D eigenvalue weighted by Gasteiger charge is 2.58. The third-order valence-corrected chi connectivity index (χ3v) is 3.67. The maximum absolute atomic E-state index is 9.47. The van der Waals surface area contributed by atoms with E-state index in [1.54, 1.807) is 0 Å². The molecule has 0 aromatic carbocycles. The highest BCUT2D eigenvalue weighted by molar-refractivity contribution is 6.50. The van der Waals surface area contributed by atoms with E-state index in [2.05, 4.69) is 6.08 Å². The topological polar surface area (TPSA) is 20.2 Å². The zero-order valence-electron chi connectivity index (χ0n) is 6.00. The van der Waals surface area contributed by atoms with Crippen LogP contribution in [0, 0.1) is 11.8 Å². The van der Waals surface area contributed by atoms with Crippen LogP contribution in [0.15, 0.2) is 12.2 Å². The van der Waals surface area contributed by atoms with Crippen LogP contribution in [0.1, 0.15) is 12.8 Å². The molecule has 3 atom stereocenters. The fraction of sp³-hybridized carbons (Fsp3) is 0.750. The molecule has 0 radical (unpaired) electrons. The lowest BCUT2D eigenvalue weighted by molar-refractivity contribution is -0.0324. The van der Waals surface area contributed by atoms with Gasteiger partial charge in [0.15, 0.2) is 4.33 Å². The van der Waals surface area contributed by atoms with Crippen molar-refractivity contribution in [3.05, 3.63) is 12.2 Å². The Kier molecular flexibility index (Phi) is 1.71. The molecule has 2 aliphatic rings. The minimum atomic E-state index is -0.915. The Hall–Kier alpha value is 0.280. The lowest BCUT2D eigenvalue weighted by Crippen LogP contribution is -2.59. The van der Waals surface area contributed by atoms with Crippen molar-refractivity contribution >= 4 is 23.2 Å². The number of halogens is 2. The average molecular weight is 193 g/mol. The van der Waals surface area contributed by atoms with Crippen molar-refractivity contribution < 1.29 is 5.11 Å². The molecule has 0 aromatic rings. The molecule has 0 heterocycles. The first kappa shape index (κ1) is 7.90. The third-order valence-electron chi connectivity index (χ3n) is 2.72. The van der Waals surface area contributed by atoms with E-state index in [4.69, 9.17) is 23.2 Å². The van der Waals surface area contributed by atoms with E-state index in [1.165, 1.54) is 0 Å². The van der Waals surface area contributed by atoms with Gasteiger partial charge in [-0.05, 0) is 18.8 Å². The van der Waals surface area contributed by atoms with E-state index in [9.17, 15) is 5.11 Å². The smallest absolute Gasteiger partial charge is 0.150 e. The number of alkyl halides is 2. The molecular formula is C8H10Cl2O. The van der Waals surface area contributed by atoms with Gasteiger partial charge >= 0.3 is 0 Å². The van der Waals surface area contributed by atoms with E-state index >= 15 is 0 Å². The van der Waals surface area contributed by atoms with Crippen LogP contribution in [0.2, 0.25) is 0 Å². The van der Waals surface area contributed by atoms with Gasteiger partial charge in [0.2, 0.25) is 0 Å². The molecule has 1 nitrogen and oxygen atoms in total. The molecule has 3 heteroatoms. The van der Waals surface area contributed by atoms with E-state index in [1.807, 2.05) is 6.08 Å². The van der Waals surface area contributed by atoms with Crippen molar-refractivity contribution in [1.82, 2.24) is 0 Å². The van der Waals surface area contributed by atoms with Gasteiger partial charge in [-0.3, -0.25) is 0 Å². The highest BCUT2D eigenvalue weighted by Crippen LogP contribution is 2.55. The maximum atomic E-state index is 9.47. The van der Waals surface area contributed by atoms with Crippen LogP contribution in [-0.4, -0.2) is 15.5 Å². The minimum absolute atomic E-state index is 0.176. The van der Waals surface area contributed by atoms with Gasteiger partial charge in [-0.15, -0.1) is 0 Å². The van der Waals surface area contributed by atoms with Crippen molar-refractivity contribution in [1.29, 1.82) is 0 Å². The first-order valence-electron chi connectivity index (χ1n) is 3.86. The number of allylic oxidation sites excluding steroid dienone is 2. The van der Waals surface area contributed by atoms with E-state index < -0.39 is 10.4 Å². The Morgan fingerprint density at radius 1 is 1.45 bits per heavy atom. The molecule has 0 amide bonds. The molecule has 0 spiro atoms. The molecule has 0 bridgehead atoms. The van der Waals surface area contributed by atoms with Crippen LogP contribution in [0.5, 0.6) is 0 Å². The van der Waals surface area contributed by atoms with Crippen LogP contribution < -0.4 is 0 Å². The number of hydrogen-bond donors (Lipinski definition) is 1. The molecule has 1 N–H and O–H groups in total. The van der Waals surface area contributed by atoms with Crippen molar-refractivity contribution in [2.75, 3.05) is 0 Å². The predicted molar refractivity (Wildman–Crippen MR) is 45.8 cm³/mol. The molecule has 0 unspecified atom stereocenters. The summed E-state index contributed by atoms with van der Waals surface area (Å²) in [6.07, 6.45) is 5.65. The normalized spacial score (nSPS) is 46.3. The Morgan fingerprint density at radius 3 is 2.82 bits per heavy atom. The van der Waals surface area contributed by atoms with Gasteiger partial charge in [-0.1, -0.05) is 35.4 Å². The number of rotatable bonds is 0. The minimum Gasteiger partial charge on any atom is -0.390 e. The molecular weight excluding hydrogens is 183 g/mol. The lowest BCUT2D eigenvalue weighted by atomic mass is 9.65. The van der Waals surface area contributed by atoms with Crippen LogP contribution >= 0.6 is 23.2 Å². The van der Waals surface area contributed by atoms with Crippen LogP contribution in [0.3, 0.4) is 0 Å². The summed E-state index contributed by atoms with van der Waals surface area (Å²) in [6, 6.07) is 0. The summed E-state index contributed by atoms with van der Waals surface area (Å²) in [6.45, 7) is 0. The fourth-order valence-electron chi connectivity index (χ4n) is 1.99. The van der Waals surface area contributed by atoms with Gasteiger partial charge < -0.3 is 5.11 Å². The summed E-state index contributed by atoms with van der Waals surface area (Å²) in [5, 5.41) is 9.47. The monoisotopic (exact) mass is 192 g/mol. The third kappa shape index (κ3) is 0.947. The van der Waals surface area contributed by atoms with Gasteiger partial charge in [0.05, 0.1) is 6.10 Å². The van der Waals surface area contributed by atoms with Gasteiger partial charge in [-0.2, -0.15) is 0 Å². The number of aliphatic hydroxyl groups is 1. The van der Waals surface area contributed by atoms with Crippen LogP contribution in [-0.2, 0) is 0 Å². The largest absolute Gasteiger partial charge is 0.390 e. The van der Waals surface area contributed by atoms with Crippen molar-refractivity contribution in [3.8, 4) is 0 Å². The highest BCUT2D eigenvalue weighted by atomic mass is 35.5. The molecule has 2 rings (SSSR count). The summed E-state index contributed by atoms with van der Waals surface area (Å²) >= 11 is 11.8. The Bertz CT molecular complexity index is 200. The van der Waals surface area contributed by atoms with Gasteiger partial charge in [0.1, 0.15) is 0 Å². The first-order valence-corrected chi connectivity index (χ1v) is 4.62. The van der Waals surface area contributed by atoms with Crippen molar-refractivity contribution in [2.24, 2.45) is 11.8 Å². The zero-order valence-corrected chi connectivity index (χ0v) is 7.52. The van der Waals surface area contributed by atoms with Crippen LogP contribution in [0.4, 0.5) is 0 Å². The molecule has 11 heavy (non-hydrogen) atoms. The second-order valence-electron chi connectivity index (χ2n) is 3.31. The Labute approximate surface area is 76.0 Å². The van der Waals surface area contributed by atoms with E-state index in [0.717, 1.165) is 12.8 Å². The molecule has 0 aliphatic heterocycles. The molecule has 0 aromatic heterocycles. The molecule has 2 aliphatic carbocycles. The first-order chi connectivity index (χ1) is 5.14. The summed E-state index contributed by atoms with van der Waals surface area (Å²) < 4.78 is -0.915. The number of aliphatic hydroxyl groups excluding tert-OH is 1. The predicted octanol–water partition coefficient (Wildman–Crippen LogP) is 2.12.